The zero-order chi connectivity index (χ0) is 34.7. The van der Waals surface area contributed by atoms with Crippen molar-refractivity contribution in [2.24, 2.45) is 0 Å². The number of hydrogen-bond acceptors (Lipinski definition) is 7. The lowest BCUT2D eigenvalue weighted by Crippen LogP contribution is -2.29. The normalized spacial score (nSPS) is 13.4. The van der Waals surface area contributed by atoms with Crippen LogP contribution >= 0.6 is 7.82 Å². The number of esters is 2. The second kappa shape index (κ2) is 34.9. The Hall–Kier alpha value is -0.950. The Balaban J connectivity index is 4.05. The average molecular weight is 691 g/mol. The van der Waals surface area contributed by atoms with E-state index in [-0.39, 0.29) is 32.2 Å². The maximum absolute atomic E-state index is 12.5. The maximum Gasteiger partial charge on any atom is 0.472 e. The lowest BCUT2D eigenvalue weighted by atomic mass is 10.0. The van der Waals surface area contributed by atoms with E-state index in [4.69, 9.17) is 18.5 Å². The molecular weight excluding hydrogens is 615 g/mol. The van der Waals surface area contributed by atoms with E-state index in [1.54, 1.807) is 6.92 Å². The third-order valence-electron chi connectivity index (χ3n) is 8.66. The van der Waals surface area contributed by atoms with E-state index in [0.717, 1.165) is 38.5 Å². The summed E-state index contributed by atoms with van der Waals surface area (Å²) >= 11 is 0. The summed E-state index contributed by atoms with van der Waals surface area (Å²) in [5, 5.41) is 0. The van der Waals surface area contributed by atoms with E-state index in [0.29, 0.717) is 6.42 Å². The van der Waals surface area contributed by atoms with Crippen LogP contribution in [0.25, 0.3) is 0 Å². The van der Waals surface area contributed by atoms with Gasteiger partial charge >= 0.3 is 19.8 Å². The molecule has 0 aliphatic rings. The lowest BCUT2D eigenvalue weighted by molar-refractivity contribution is -0.161. The molecule has 0 spiro atoms. The second-order valence-corrected chi connectivity index (χ2v) is 14.8. The summed E-state index contributed by atoms with van der Waals surface area (Å²) in [5.41, 5.74) is 0. The van der Waals surface area contributed by atoms with Crippen LogP contribution in [0.3, 0.4) is 0 Å². The first kappa shape index (κ1) is 46.0. The van der Waals surface area contributed by atoms with Crippen molar-refractivity contribution in [2.45, 2.75) is 213 Å². The van der Waals surface area contributed by atoms with Gasteiger partial charge in [0.25, 0.3) is 0 Å². The third kappa shape index (κ3) is 34.7. The van der Waals surface area contributed by atoms with Crippen molar-refractivity contribution in [1.82, 2.24) is 0 Å². The van der Waals surface area contributed by atoms with E-state index in [2.05, 4.69) is 13.8 Å². The molecule has 0 aromatic rings. The van der Waals surface area contributed by atoms with E-state index >= 15 is 0 Å². The molecule has 0 amide bonds. The predicted molar refractivity (Wildman–Crippen MR) is 193 cm³/mol. The Bertz CT molecular complexity index is 747. The maximum atomic E-state index is 12.5. The van der Waals surface area contributed by atoms with Crippen LogP contribution in [0.5, 0.6) is 0 Å². The highest BCUT2D eigenvalue weighted by molar-refractivity contribution is 7.47. The first-order chi connectivity index (χ1) is 22.8. The van der Waals surface area contributed by atoms with E-state index in [9.17, 15) is 19.0 Å². The van der Waals surface area contributed by atoms with Gasteiger partial charge in [-0.15, -0.1) is 0 Å². The molecule has 2 unspecified atom stereocenters. The molecule has 0 radical (unpaired) electrons. The number of unbranched alkanes of at least 4 members (excludes halogenated alkanes) is 25. The lowest BCUT2D eigenvalue weighted by Gasteiger charge is -2.19. The van der Waals surface area contributed by atoms with Crippen LogP contribution in [0.2, 0.25) is 0 Å². The molecule has 0 fully saturated rings. The number of rotatable bonds is 37. The van der Waals surface area contributed by atoms with Crippen molar-refractivity contribution < 1.29 is 37.6 Å². The van der Waals surface area contributed by atoms with Gasteiger partial charge < -0.3 is 14.4 Å². The minimum Gasteiger partial charge on any atom is -0.462 e. The van der Waals surface area contributed by atoms with Crippen molar-refractivity contribution in [1.29, 1.82) is 0 Å². The van der Waals surface area contributed by atoms with Gasteiger partial charge in [-0.1, -0.05) is 174 Å². The van der Waals surface area contributed by atoms with Crippen molar-refractivity contribution in [2.75, 3.05) is 19.8 Å². The predicted octanol–water partition coefficient (Wildman–Crippen LogP) is 11.9. The van der Waals surface area contributed by atoms with Gasteiger partial charge in [0.05, 0.1) is 13.2 Å². The Labute approximate surface area is 289 Å². The standard InChI is InChI=1S/C38H75O8P/c1-4-7-9-11-13-15-17-18-19-20-21-22-23-25-27-29-31-33-38(40)46-36(35-45-47(41,42)44-6-3)34-43-37(39)32-30-28-26-24-16-14-12-10-8-5-2/h36H,4-35H2,1-3H3,(H,41,42). The zero-order valence-corrected chi connectivity index (χ0v) is 31.9. The highest BCUT2D eigenvalue weighted by atomic mass is 31.2. The highest BCUT2D eigenvalue weighted by Crippen LogP contribution is 2.43. The number of carbonyl (C=O) groups is 2. The van der Waals surface area contributed by atoms with Crippen LogP contribution < -0.4 is 0 Å². The van der Waals surface area contributed by atoms with Crippen LogP contribution in [0, 0.1) is 0 Å². The highest BCUT2D eigenvalue weighted by Gasteiger charge is 2.25. The molecule has 0 bridgehead atoms. The van der Waals surface area contributed by atoms with Gasteiger partial charge in [-0.3, -0.25) is 18.6 Å². The van der Waals surface area contributed by atoms with Gasteiger partial charge in [0.2, 0.25) is 0 Å². The van der Waals surface area contributed by atoms with Crippen molar-refractivity contribution in [3.8, 4) is 0 Å². The van der Waals surface area contributed by atoms with Crippen molar-refractivity contribution >= 4 is 19.8 Å². The minimum atomic E-state index is -4.26. The molecule has 0 aromatic heterocycles. The molecule has 0 saturated carbocycles. The van der Waals surface area contributed by atoms with Gasteiger partial charge in [-0.05, 0) is 19.8 Å². The molecule has 0 aliphatic carbocycles. The number of carbonyl (C=O) groups excluding carboxylic acids is 2. The monoisotopic (exact) mass is 691 g/mol. The van der Waals surface area contributed by atoms with Crippen LogP contribution in [-0.2, 0) is 32.7 Å². The molecule has 9 heteroatoms. The van der Waals surface area contributed by atoms with Crippen LogP contribution in [0.15, 0.2) is 0 Å². The number of phosphoric ester groups is 1. The number of hydrogen-bond donors (Lipinski definition) is 1. The second-order valence-electron chi connectivity index (χ2n) is 13.3. The van der Waals surface area contributed by atoms with Crippen LogP contribution in [0.4, 0.5) is 0 Å². The van der Waals surface area contributed by atoms with Crippen molar-refractivity contribution in [3.63, 3.8) is 0 Å². The molecule has 0 rings (SSSR count). The Morgan fingerprint density at radius 1 is 0.489 bits per heavy atom. The smallest absolute Gasteiger partial charge is 0.462 e. The fourth-order valence-corrected chi connectivity index (χ4v) is 6.50. The van der Waals surface area contributed by atoms with Gasteiger partial charge in [-0.25, -0.2) is 4.57 Å². The van der Waals surface area contributed by atoms with E-state index in [1.807, 2.05) is 0 Å². The van der Waals surface area contributed by atoms with E-state index in [1.165, 1.54) is 135 Å². The topological polar surface area (TPSA) is 108 Å². The Morgan fingerprint density at radius 2 is 0.830 bits per heavy atom. The number of phosphoric acid groups is 1. The molecule has 0 heterocycles. The van der Waals surface area contributed by atoms with Gasteiger partial charge in [0.15, 0.2) is 6.10 Å². The first-order valence-electron chi connectivity index (χ1n) is 19.8. The summed E-state index contributed by atoms with van der Waals surface area (Å²) in [6.07, 6.45) is 33.0. The summed E-state index contributed by atoms with van der Waals surface area (Å²) < 4.78 is 32.5. The molecule has 280 valence electrons. The summed E-state index contributed by atoms with van der Waals surface area (Å²) in [4.78, 5) is 34.5. The fourth-order valence-electron chi connectivity index (χ4n) is 5.75. The van der Waals surface area contributed by atoms with Crippen LogP contribution in [0.1, 0.15) is 207 Å². The average Bonchev–Trinajstić information content (AvgIpc) is 3.04. The zero-order valence-electron chi connectivity index (χ0n) is 31.0. The van der Waals surface area contributed by atoms with Crippen LogP contribution in [-0.4, -0.2) is 42.8 Å². The molecule has 0 saturated heterocycles. The SMILES string of the molecule is CCCCCCCCCCCCCCCCCCCC(=O)OC(COC(=O)CCCCCCCCCCCC)COP(=O)(O)OCC. The summed E-state index contributed by atoms with van der Waals surface area (Å²) in [6.45, 7) is 5.48. The quantitative estimate of drug-likeness (QED) is 0.0390. The molecule has 0 aromatic carbocycles. The van der Waals surface area contributed by atoms with Crippen molar-refractivity contribution in [3.05, 3.63) is 0 Å². The molecule has 0 aliphatic heterocycles. The Morgan fingerprint density at radius 3 is 1.19 bits per heavy atom. The molecule has 2 atom stereocenters. The number of ether oxygens (including phenoxy) is 2. The largest absolute Gasteiger partial charge is 0.472 e. The van der Waals surface area contributed by atoms with Gasteiger partial charge in [0.1, 0.15) is 6.61 Å². The summed E-state index contributed by atoms with van der Waals surface area (Å²) in [7, 11) is -4.26. The molecule has 8 nitrogen and oxygen atoms in total. The first-order valence-corrected chi connectivity index (χ1v) is 21.3. The fraction of sp³-hybridized carbons (Fsp3) is 0.947. The molecule has 47 heavy (non-hydrogen) atoms. The van der Waals surface area contributed by atoms with E-state index < -0.39 is 19.9 Å². The van der Waals surface area contributed by atoms with Gasteiger partial charge in [0, 0.05) is 12.8 Å². The van der Waals surface area contributed by atoms with Gasteiger partial charge in [-0.2, -0.15) is 0 Å². The summed E-state index contributed by atoms with van der Waals surface area (Å²) in [5.74, 6) is -0.787. The molecular formula is C38H75O8P. The molecule has 1 N–H and O–H groups in total. The third-order valence-corrected chi connectivity index (χ3v) is 9.72. The minimum absolute atomic E-state index is 0.00534. The summed E-state index contributed by atoms with van der Waals surface area (Å²) in [6, 6.07) is 0. The Kier molecular flexibility index (Phi) is 34.2.